The molecule has 0 bridgehead atoms. The molecule has 21 heavy (non-hydrogen) atoms. The highest BCUT2D eigenvalue weighted by Gasteiger charge is 2.45. The first-order valence-corrected chi connectivity index (χ1v) is 6.79. The van der Waals surface area contributed by atoms with Crippen LogP contribution in [0.4, 0.5) is 8.78 Å². The Balaban J connectivity index is 1.96. The SMILES string of the molecule is CC(NC(=O)C1CC1c1ccc(F)cc1F)C(C)C(=O)O. The van der Waals surface area contributed by atoms with Gasteiger partial charge in [-0.2, -0.15) is 0 Å². The summed E-state index contributed by atoms with van der Waals surface area (Å²) in [5.41, 5.74) is 0.329. The normalized spacial score (nSPS) is 23.2. The van der Waals surface area contributed by atoms with E-state index in [2.05, 4.69) is 5.32 Å². The van der Waals surface area contributed by atoms with E-state index in [0.29, 0.717) is 12.0 Å². The van der Waals surface area contributed by atoms with Crippen LogP contribution in [-0.2, 0) is 9.59 Å². The van der Waals surface area contributed by atoms with Gasteiger partial charge in [0.2, 0.25) is 5.91 Å². The summed E-state index contributed by atoms with van der Waals surface area (Å²) in [6.07, 6.45) is 0.489. The number of aliphatic carboxylic acids is 1. The molecule has 0 radical (unpaired) electrons. The van der Waals surface area contributed by atoms with Gasteiger partial charge < -0.3 is 10.4 Å². The lowest BCUT2D eigenvalue weighted by atomic mass is 10.0. The second-order valence-corrected chi connectivity index (χ2v) is 5.54. The van der Waals surface area contributed by atoms with Crippen LogP contribution in [0.3, 0.4) is 0 Å². The Kier molecular flexibility index (Phi) is 4.25. The molecule has 6 heteroatoms. The van der Waals surface area contributed by atoms with Gasteiger partial charge in [0, 0.05) is 18.0 Å². The maximum atomic E-state index is 13.6. The van der Waals surface area contributed by atoms with Crippen molar-refractivity contribution in [3.05, 3.63) is 35.4 Å². The van der Waals surface area contributed by atoms with Gasteiger partial charge in [-0.15, -0.1) is 0 Å². The van der Waals surface area contributed by atoms with Crippen LogP contribution >= 0.6 is 0 Å². The van der Waals surface area contributed by atoms with Crippen molar-refractivity contribution in [3.8, 4) is 0 Å². The van der Waals surface area contributed by atoms with E-state index in [9.17, 15) is 18.4 Å². The van der Waals surface area contributed by atoms with E-state index in [1.54, 1.807) is 6.92 Å². The minimum absolute atomic E-state index is 0.266. The molecule has 0 heterocycles. The zero-order valence-corrected chi connectivity index (χ0v) is 11.8. The highest BCUT2D eigenvalue weighted by atomic mass is 19.1. The quantitative estimate of drug-likeness (QED) is 0.876. The molecule has 4 nitrogen and oxygen atoms in total. The van der Waals surface area contributed by atoms with E-state index in [0.717, 1.165) is 6.07 Å². The van der Waals surface area contributed by atoms with Crippen LogP contribution in [0.2, 0.25) is 0 Å². The van der Waals surface area contributed by atoms with Crippen molar-refractivity contribution < 1.29 is 23.5 Å². The molecule has 2 N–H and O–H groups in total. The number of nitrogens with one attached hydrogen (secondary N) is 1. The van der Waals surface area contributed by atoms with Gasteiger partial charge in [-0.3, -0.25) is 9.59 Å². The van der Waals surface area contributed by atoms with E-state index in [4.69, 9.17) is 5.11 Å². The Hall–Kier alpha value is -1.98. The number of carboxylic acids is 1. The first-order valence-electron chi connectivity index (χ1n) is 6.79. The van der Waals surface area contributed by atoms with E-state index < -0.39 is 29.6 Å². The minimum Gasteiger partial charge on any atom is -0.481 e. The summed E-state index contributed by atoms with van der Waals surface area (Å²) in [7, 11) is 0. The number of benzene rings is 1. The Bertz CT molecular complexity index is 576. The van der Waals surface area contributed by atoms with Crippen molar-refractivity contribution in [3.63, 3.8) is 0 Å². The molecule has 0 spiro atoms. The maximum absolute atomic E-state index is 13.6. The molecule has 0 saturated heterocycles. The smallest absolute Gasteiger partial charge is 0.308 e. The molecule has 1 aliphatic rings. The van der Waals surface area contributed by atoms with Crippen molar-refractivity contribution in [2.24, 2.45) is 11.8 Å². The Morgan fingerprint density at radius 3 is 2.57 bits per heavy atom. The van der Waals surface area contributed by atoms with Crippen molar-refractivity contribution in [1.29, 1.82) is 0 Å². The van der Waals surface area contributed by atoms with Gasteiger partial charge in [0.15, 0.2) is 0 Å². The molecule has 0 aromatic heterocycles. The zero-order chi connectivity index (χ0) is 15.7. The molecule has 114 valence electrons. The third-order valence-electron chi connectivity index (χ3n) is 4.00. The van der Waals surface area contributed by atoms with E-state index in [-0.39, 0.29) is 17.7 Å². The third-order valence-corrected chi connectivity index (χ3v) is 4.00. The number of rotatable bonds is 5. The molecule has 1 aromatic rings. The fourth-order valence-corrected chi connectivity index (χ4v) is 2.30. The molecule has 0 aliphatic heterocycles. The Morgan fingerprint density at radius 1 is 1.33 bits per heavy atom. The summed E-state index contributed by atoms with van der Waals surface area (Å²) < 4.78 is 26.5. The van der Waals surface area contributed by atoms with Crippen molar-refractivity contribution in [1.82, 2.24) is 5.32 Å². The average Bonchev–Trinajstić information content (AvgIpc) is 3.17. The standard InChI is InChI=1S/C15H17F2NO3/c1-7(15(20)21)8(2)18-14(19)12-6-11(12)10-4-3-9(16)5-13(10)17/h3-5,7-8,11-12H,6H2,1-2H3,(H,18,19)(H,20,21). The molecule has 1 fully saturated rings. The Labute approximate surface area is 121 Å². The van der Waals surface area contributed by atoms with Gasteiger partial charge in [0.05, 0.1) is 5.92 Å². The van der Waals surface area contributed by atoms with Gasteiger partial charge in [-0.1, -0.05) is 6.07 Å². The topological polar surface area (TPSA) is 66.4 Å². The fourth-order valence-electron chi connectivity index (χ4n) is 2.30. The molecule has 4 unspecified atom stereocenters. The number of hydrogen-bond acceptors (Lipinski definition) is 2. The van der Waals surface area contributed by atoms with E-state index in [1.165, 1.54) is 19.1 Å². The predicted octanol–water partition coefficient (Wildman–Crippen LogP) is 2.29. The number of amides is 1. The van der Waals surface area contributed by atoms with Gasteiger partial charge in [-0.05, 0) is 37.8 Å². The predicted molar refractivity (Wildman–Crippen MR) is 71.6 cm³/mol. The van der Waals surface area contributed by atoms with Crippen molar-refractivity contribution >= 4 is 11.9 Å². The van der Waals surface area contributed by atoms with Crippen LogP contribution in [0, 0.1) is 23.5 Å². The monoisotopic (exact) mass is 297 g/mol. The summed E-state index contributed by atoms with van der Waals surface area (Å²) in [6.45, 7) is 3.13. The van der Waals surface area contributed by atoms with Gasteiger partial charge in [0.25, 0.3) is 0 Å². The number of hydrogen-bond donors (Lipinski definition) is 2. The zero-order valence-electron chi connectivity index (χ0n) is 11.8. The highest BCUT2D eigenvalue weighted by Crippen LogP contribution is 2.48. The fraction of sp³-hybridized carbons (Fsp3) is 0.467. The molecular weight excluding hydrogens is 280 g/mol. The van der Waals surface area contributed by atoms with Crippen LogP contribution in [0.1, 0.15) is 31.7 Å². The number of halogens is 2. The molecule has 1 saturated carbocycles. The van der Waals surface area contributed by atoms with E-state index in [1.807, 2.05) is 0 Å². The summed E-state index contributed by atoms with van der Waals surface area (Å²) in [5, 5.41) is 11.5. The maximum Gasteiger partial charge on any atom is 0.308 e. The lowest BCUT2D eigenvalue weighted by Crippen LogP contribution is -2.40. The minimum atomic E-state index is -0.986. The van der Waals surface area contributed by atoms with Crippen molar-refractivity contribution in [2.75, 3.05) is 0 Å². The molecule has 1 amide bonds. The molecule has 1 aromatic carbocycles. The van der Waals surface area contributed by atoms with Gasteiger partial charge in [0.1, 0.15) is 11.6 Å². The third kappa shape index (κ3) is 3.37. The number of carbonyl (C=O) groups excluding carboxylic acids is 1. The molecule has 2 rings (SSSR count). The molecule has 1 aliphatic carbocycles. The van der Waals surface area contributed by atoms with Crippen LogP contribution < -0.4 is 5.32 Å². The summed E-state index contributed by atoms with van der Waals surface area (Å²) in [5.74, 6) is -3.92. The average molecular weight is 297 g/mol. The van der Waals surface area contributed by atoms with Gasteiger partial charge in [-0.25, -0.2) is 8.78 Å². The van der Waals surface area contributed by atoms with Crippen LogP contribution in [0.15, 0.2) is 18.2 Å². The molecule has 4 atom stereocenters. The summed E-state index contributed by atoms with van der Waals surface area (Å²) >= 11 is 0. The van der Waals surface area contributed by atoms with Crippen LogP contribution in [-0.4, -0.2) is 23.0 Å². The van der Waals surface area contributed by atoms with E-state index >= 15 is 0 Å². The lowest BCUT2D eigenvalue weighted by molar-refractivity contribution is -0.142. The highest BCUT2D eigenvalue weighted by molar-refractivity contribution is 5.83. The second-order valence-electron chi connectivity index (χ2n) is 5.54. The van der Waals surface area contributed by atoms with Gasteiger partial charge >= 0.3 is 5.97 Å². The summed E-state index contributed by atoms with van der Waals surface area (Å²) in [4.78, 5) is 22.8. The largest absolute Gasteiger partial charge is 0.481 e. The lowest BCUT2D eigenvalue weighted by Gasteiger charge is -2.17. The Morgan fingerprint density at radius 2 is 2.00 bits per heavy atom. The first kappa shape index (κ1) is 15.4. The number of carbonyl (C=O) groups is 2. The molecular formula is C15H17F2NO3. The second kappa shape index (κ2) is 5.79. The van der Waals surface area contributed by atoms with Crippen LogP contribution in [0.25, 0.3) is 0 Å². The van der Waals surface area contributed by atoms with Crippen LogP contribution in [0.5, 0.6) is 0 Å². The van der Waals surface area contributed by atoms with Crippen molar-refractivity contribution in [2.45, 2.75) is 32.2 Å². The first-order chi connectivity index (χ1) is 9.81. The number of carboxylic acid groups (broad SMARTS) is 1. The summed E-state index contributed by atoms with van der Waals surface area (Å²) in [6, 6.07) is 2.82.